The van der Waals surface area contributed by atoms with E-state index in [2.05, 4.69) is 5.32 Å². The van der Waals surface area contributed by atoms with Crippen LogP contribution in [0.4, 0.5) is 20.2 Å². The molecular weight excluding hydrogens is 610 g/mol. The molecule has 214 valence electrons. The van der Waals surface area contributed by atoms with Crippen molar-refractivity contribution in [3.05, 3.63) is 56.0 Å². The van der Waals surface area contributed by atoms with Gasteiger partial charge in [0.15, 0.2) is 0 Å². The van der Waals surface area contributed by atoms with Crippen molar-refractivity contribution < 1.29 is 28.3 Å². The molecule has 2 saturated heterocycles. The molecule has 3 heterocycles. The third-order valence-electron chi connectivity index (χ3n) is 7.65. The lowest BCUT2D eigenvalue weighted by Gasteiger charge is -2.36. The van der Waals surface area contributed by atoms with Gasteiger partial charge in [-0.25, -0.2) is 8.78 Å². The van der Waals surface area contributed by atoms with Crippen LogP contribution in [-0.2, 0) is 19.9 Å². The summed E-state index contributed by atoms with van der Waals surface area (Å²) in [5.74, 6) is -9.66. The molecule has 2 fully saturated rings. The highest BCUT2D eigenvalue weighted by molar-refractivity contribution is 6.38. The Labute approximate surface area is 249 Å². The molecule has 0 aliphatic carbocycles. The number of nitrogens with zero attached hydrogens (tertiary/aromatic N) is 2. The molecule has 0 saturated carbocycles. The lowest BCUT2D eigenvalue weighted by atomic mass is 9.73. The van der Waals surface area contributed by atoms with Gasteiger partial charge in [-0.05, 0) is 35.7 Å². The van der Waals surface area contributed by atoms with Gasteiger partial charge in [0.25, 0.3) is 11.8 Å². The zero-order valence-electron chi connectivity index (χ0n) is 21.6. The molecule has 0 bridgehead atoms. The van der Waals surface area contributed by atoms with E-state index in [0.29, 0.717) is 0 Å². The molecule has 3 aliphatic rings. The molecule has 3 aliphatic heterocycles. The molecule has 0 radical (unpaired) electrons. The Hall–Kier alpha value is -2.17. The fraction of sp³-hybridized carbons (Fsp3) is 0.444. The smallest absolute Gasteiger partial charge is 0.310 e. The Balaban J connectivity index is 1.74. The van der Waals surface area contributed by atoms with Gasteiger partial charge in [-0.15, -0.1) is 0 Å². The maximum absolute atomic E-state index is 15.1. The van der Waals surface area contributed by atoms with E-state index in [1.54, 1.807) is 0 Å². The van der Waals surface area contributed by atoms with E-state index in [9.17, 15) is 19.5 Å². The third kappa shape index (κ3) is 4.64. The van der Waals surface area contributed by atoms with Crippen molar-refractivity contribution in [3.8, 4) is 0 Å². The summed E-state index contributed by atoms with van der Waals surface area (Å²) < 4.78 is 30.2. The first-order chi connectivity index (χ1) is 18.5. The monoisotopic (exact) mass is 633 g/mol. The van der Waals surface area contributed by atoms with Crippen molar-refractivity contribution >= 4 is 75.6 Å². The standard InChI is InChI=1S/C27H25Cl4F2N3O4/c1-25(2,3)10-35(15-5-12(28)4-13(29)6-15)22(37)19-18-9-26(32,33)11-36(18)27(20(19)23(38)39)16-7-14(30)8-17(31)21(16)34-24(27)40/h4-8,18-20H,9-11H2,1-3H3,(H,34,40)(H,38,39)/t18-,19+,20-,27+/m1/s1. The highest BCUT2D eigenvalue weighted by Crippen LogP contribution is 2.61. The number of alkyl halides is 2. The number of carbonyl (C=O) groups excluding carboxylic acids is 2. The van der Waals surface area contributed by atoms with Gasteiger partial charge in [0, 0.05) is 45.3 Å². The molecular formula is C27H25Cl4F2N3O4. The number of halogens is 6. The lowest BCUT2D eigenvalue weighted by Crippen LogP contribution is -2.54. The maximum Gasteiger partial charge on any atom is 0.310 e. The van der Waals surface area contributed by atoms with Crippen LogP contribution in [0.3, 0.4) is 0 Å². The van der Waals surface area contributed by atoms with E-state index in [1.807, 2.05) is 20.8 Å². The van der Waals surface area contributed by atoms with Crippen LogP contribution in [0.2, 0.25) is 20.1 Å². The molecule has 2 aromatic carbocycles. The van der Waals surface area contributed by atoms with Gasteiger partial charge in [-0.3, -0.25) is 19.3 Å². The van der Waals surface area contributed by atoms with Crippen LogP contribution in [0.5, 0.6) is 0 Å². The molecule has 4 atom stereocenters. The first kappa shape index (κ1) is 29.3. The molecule has 0 aromatic heterocycles. The van der Waals surface area contributed by atoms with Gasteiger partial charge in [0.1, 0.15) is 11.5 Å². The van der Waals surface area contributed by atoms with E-state index in [-0.39, 0.29) is 43.6 Å². The fourth-order valence-corrected chi connectivity index (χ4v) is 7.48. The molecule has 2 amide bonds. The van der Waals surface area contributed by atoms with E-state index in [0.717, 1.165) is 4.90 Å². The number of rotatable bonds is 4. The van der Waals surface area contributed by atoms with Crippen molar-refractivity contribution in [1.29, 1.82) is 0 Å². The number of carboxylic acids is 1. The highest BCUT2D eigenvalue weighted by Gasteiger charge is 2.74. The van der Waals surface area contributed by atoms with E-state index in [4.69, 9.17) is 46.4 Å². The van der Waals surface area contributed by atoms with Gasteiger partial charge in [0.05, 0.1) is 23.2 Å². The molecule has 13 heteroatoms. The second-order valence-electron chi connectivity index (χ2n) is 11.7. The van der Waals surface area contributed by atoms with Crippen LogP contribution in [0.25, 0.3) is 0 Å². The number of hydrogen-bond acceptors (Lipinski definition) is 4. The molecule has 0 unspecified atom stereocenters. The van der Waals surface area contributed by atoms with Crippen LogP contribution >= 0.6 is 46.4 Å². The van der Waals surface area contributed by atoms with Gasteiger partial charge >= 0.3 is 5.97 Å². The zero-order valence-corrected chi connectivity index (χ0v) is 24.6. The summed E-state index contributed by atoms with van der Waals surface area (Å²) in [6, 6.07) is 5.89. The minimum absolute atomic E-state index is 0.0251. The minimum Gasteiger partial charge on any atom is -0.481 e. The molecule has 1 spiro atoms. The van der Waals surface area contributed by atoms with Crippen LogP contribution in [0.15, 0.2) is 30.3 Å². The fourth-order valence-electron chi connectivity index (χ4n) is 6.43. The summed E-state index contributed by atoms with van der Waals surface area (Å²) in [7, 11) is 0. The molecule has 40 heavy (non-hydrogen) atoms. The van der Waals surface area contributed by atoms with Crippen LogP contribution in [0, 0.1) is 17.3 Å². The molecule has 2 aromatic rings. The number of carbonyl (C=O) groups is 3. The van der Waals surface area contributed by atoms with Crippen molar-refractivity contribution in [2.75, 3.05) is 23.3 Å². The summed E-state index contributed by atoms with van der Waals surface area (Å²) in [5, 5.41) is 13.8. The van der Waals surface area contributed by atoms with Gasteiger partial charge < -0.3 is 15.3 Å². The van der Waals surface area contributed by atoms with E-state index in [1.165, 1.54) is 35.2 Å². The average molecular weight is 635 g/mol. The van der Waals surface area contributed by atoms with Gasteiger partial charge in [0.2, 0.25) is 5.91 Å². The van der Waals surface area contributed by atoms with Crippen molar-refractivity contribution in [3.63, 3.8) is 0 Å². The Morgan fingerprint density at radius 1 is 1.07 bits per heavy atom. The first-order valence-electron chi connectivity index (χ1n) is 12.4. The molecule has 7 nitrogen and oxygen atoms in total. The summed E-state index contributed by atoms with van der Waals surface area (Å²) in [6.45, 7) is 4.76. The van der Waals surface area contributed by atoms with Crippen molar-refractivity contribution in [2.45, 2.75) is 44.7 Å². The van der Waals surface area contributed by atoms with Gasteiger partial charge in [-0.2, -0.15) is 0 Å². The molecule has 2 N–H and O–H groups in total. The predicted molar refractivity (Wildman–Crippen MR) is 150 cm³/mol. The second kappa shape index (κ2) is 9.70. The Bertz CT molecular complexity index is 1430. The number of nitrogens with one attached hydrogen (secondary N) is 1. The second-order valence-corrected chi connectivity index (χ2v) is 13.5. The van der Waals surface area contributed by atoms with E-state index < -0.39 is 65.5 Å². The largest absolute Gasteiger partial charge is 0.481 e. The number of aliphatic carboxylic acids is 1. The summed E-state index contributed by atoms with van der Waals surface area (Å²) in [6.07, 6.45) is -0.814. The highest BCUT2D eigenvalue weighted by atomic mass is 35.5. The number of amides is 2. The molecule has 5 rings (SSSR count). The van der Waals surface area contributed by atoms with Crippen molar-refractivity contribution in [2.24, 2.45) is 17.3 Å². The van der Waals surface area contributed by atoms with Crippen molar-refractivity contribution in [1.82, 2.24) is 4.90 Å². The summed E-state index contributed by atoms with van der Waals surface area (Å²) in [4.78, 5) is 43.9. The number of fused-ring (bicyclic) bond motifs is 4. The van der Waals surface area contributed by atoms with Crippen LogP contribution in [0.1, 0.15) is 32.8 Å². The Kier molecular flexibility index (Phi) is 7.11. The van der Waals surface area contributed by atoms with Gasteiger partial charge in [-0.1, -0.05) is 67.2 Å². The minimum atomic E-state index is -3.29. The number of hydrogen-bond donors (Lipinski definition) is 2. The number of anilines is 2. The average Bonchev–Trinajstić information content (AvgIpc) is 3.37. The number of benzene rings is 2. The summed E-state index contributed by atoms with van der Waals surface area (Å²) >= 11 is 25.1. The first-order valence-corrected chi connectivity index (χ1v) is 13.9. The maximum atomic E-state index is 15.1. The normalized spacial score (nSPS) is 27.0. The van der Waals surface area contributed by atoms with E-state index >= 15 is 8.78 Å². The summed E-state index contributed by atoms with van der Waals surface area (Å²) in [5.41, 5.74) is -2.25. The lowest BCUT2D eigenvalue weighted by molar-refractivity contribution is -0.153. The van der Waals surface area contributed by atoms with Crippen LogP contribution < -0.4 is 10.2 Å². The zero-order chi connectivity index (χ0) is 29.5. The third-order valence-corrected chi connectivity index (χ3v) is 8.60. The Morgan fingerprint density at radius 2 is 1.68 bits per heavy atom. The quantitative estimate of drug-likeness (QED) is 0.397. The topological polar surface area (TPSA) is 90.0 Å². The Morgan fingerprint density at radius 3 is 2.25 bits per heavy atom. The SMILES string of the molecule is CC(C)(C)CN(C(=O)[C@H]1[C@H]2CC(F)(F)CN2[C@]2(C(=O)Nc3c(Cl)cc(Cl)cc32)[C@H]1C(=O)O)c1cc(Cl)cc(Cl)c1. The number of carboxylic acid groups (broad SMARTS) is 1. The predicted octanol–water partition coefficient (Wildman–Crippen LogP) is 6.57. The van der Waals surface area contributed by atoms with Crippen LogP contribution in [-0.4, -0.2) is 52.8 Å².